The monoisotopic (exact) mass is 126 g/mol. The Morgan fingerprint density at radius 3 is 3.00 bits per heavy atom. The van der Waals surface area contributed by atoms with Gasteiger partial charge < -0.3 is 15.8 Å². The van der Waals surface area contributed by atoms with Crippen LogP contribution >= 0.6 is 0 Å². The van der Waals surface area contributed by atoms with Crippen LogP contribution in [0.25, 0.3) is 0 Å². The van der Waals surface area contributed by atoms with E-state index in [1.807, 2.05) is 0 Å². The third-order valence-corrected chi connectivity index (χ3v) is 0.885. The van der Waals surface area contributed by atoms with Gasteiger partial charge in [-0.2, -0.15) is 0 Å². The summed E-state index contributed by atoms with van der Waals surface area (Å²) in [6.07, 6.45) is 3.45. The highest BCUT2D eigenvalue weighted by molar-refractivity contribution is 5.73. The molecule has 9 heavy (non-hydrogen) atoms. The SMILES string of the molecule is NC1=C(C=O)NC=CO1. The summed E-state index contributed by atoms with van der Waals surface area (Å²) < 4.78 is 4.66. The molecule has 1 aliphatic rings. The van der Waals surface area contributed by atoms with Crippen LogP contribution in [0.5, 0.6) is 0 Å². The van der Waals surface area contributed by atoms with E-state index >= 15 is 0 Å². The molecule has 3 N–H and O–H groups in total. The molecule has 0 spiro atoms. The summed E-state index contributed by atoms with van der Waals surface area (Å²) in [6, 6.07) is 0. The maximum atomic E-state index is 10.1. The number of aldehydes is 1. The zero-order chi connectivity index (χ0) is 6.69. The Hall–Kier alpha value is -1.45. The molecular weight excluding hydrogens is 120 g/mol. The van der Waals surface area contributed by atoms with E-state index in [9.17, 15) is 4.79 Å². The first kappa shape index (κ1) is 5.68. The molecular formula is C5H6N2O2. The van der Waals surface area contributed by atoms with Crippen molar-refractivity contribution in [1.82, 2.24) is 5.32 Å². The Morgan fingerprint density at radius 1 is 1.78 bits per heavy atom. The highest BCUT2D eigenvalue weighted by Gasteiger charge is 2.03. The van der Waals surface area contributed by atoms with Crippen molar-refractivity contribution in [3.8, 4) is 0 Å². The second kappa shape index (κ2) is 2.21. The van der Waals surface area contributed by atoms with E-state index < -0.39 is 0 Å². The molecule has 1 aliphatic heterocycles. The van der Waals surface area contributed by atoms with Crippen molar-refractivity contribution in [1.29, 1.82) is 0 Å². The summed E-state index contributed by atoms with van der Waals surface area (Å²) in [5, 5.41) is 2.60. The average molecular weight is 126 g/mol. The number of allylic oxidation sites excluding steroid dienone is 1. The average Bonchev–Trinajstić information content (AvgIpc) is 1.89. The second-order valence-corrected chi connectivity index (χ2v) is 1.46. The Morgan fingerprint density at radius 2 is 2.56 bits per heavy atom. The molecule has 0 fully saturated rings. The number of rotatable bonds is 1. The maximum absolute atomic E-state index is 10.1. The number of carbonyl (C=O) groups is 1. The molecule has 0 bridgehead atoms. The minimum Gasteiger partial charge on any atom is -0.445 e. The third kappa shape index (κ3) is 1.02. The molecule has 4 heteroatoms. The Bertz CT molecular complexity index is 183. The van der Waals surface area contributed by atoms with Crippen LogP contribution in [-0.2, 0) is 9.53 Å². The summed E-state index contributed by atoms with van der Waals surface area (Å²) in [6.45, 7) is 0. The molecule has 1 heterocycles. The van der Waals surface area contributed by atoms with Gasteiger partial charge >= 0.3 is 0 Å². The van der Waals surface area contributed by atoms with Crippen LogP contribution in [0.15, 0.2) is 24.0 Å². The van der Waals surface area contributed by atoms with Gasteiger partial charge in [0.25, 0.3) is 0 Å². The van der Waals surface area contributed by atoms with Crippen molar-refractivity contribution in [2.75, 3.05) is 0 Å². The summed E-state index contributed by atoms with van der Waals surface area (Å²) in [4.78, 5) is 10.1. The maximum Gasteiger partial charge on any atom is 0.217 e. The first-order valence-corrected chi connectivity index (χ1v) is 2.37. The first-order chi connectivity index (χ1) is 4.34. The zero-order valence-corrected chi connectivity index (χ0v) is 4.63. The highest BCUT2D eigenvalue weighted by Crippen LogP contribution is 1.98. The fraction of sp³-hybridized carbons (Fsp3) is 0. The number of carbonyl (C=O) groups excluding carboxylic acids is 1. The van der Waals surface area contributed by atoms with Crippen molar-refractivity contribution < 1.29 is 9.53 Å². The number of nitrogens with one attached hydrogen (secondary N) is 1. The number of ether oxygens (including phenoxy) is 1. The smallest absolute Gasteiger partial charge is 0.217 e. The van der Waals surface area contributed by atoms with Crippen LogP contribution in [0.3, 0.4) is 0 Å². The van der Waals surface area contributed by atoms with Gasteiger partial charge in [0.05, 0.1) is 0 Å². The number of nitrogens with two attached hydrogens (primary N) is 1. The molecule has 4 nitrogen and oxygen atoms in total. The molecule has 0 atom stereocenters. The van der Waals surface area contributed by atoms with Gasteiger partial charge in [-0.1, -0.05) is 0 Å². The van der Waals surface area contributed by atoms with Crippen LogP contribution < -0.4 is 11.1 Å². The highest BCUT2D eigenvalue weighted by atomic mass is 16.5. The Kier molecular flexibility index (Phi) is 1.40. The number of hydrogen-bond acceptors (Lipinski definition) is 4. The molecule has 0 aromatic heterocycles. The lowest BCUT2D eigenvalue weighted by Gasteiger charge is -2.08. The molecule has 0 saturated carbocycles. The van der Waals surface area contributed by atoms with Crippen molar-refractivity contribution in [2.24, 2.45) is 5.73 Å². The number of hydrogen-bond donors (Lipinski definition) is 2. The lowest BCUT2D eigenvalue weighted by Crippen LogP contribution is -2.18. The Labute approximate surface area is 52.0 Å². The van der Waals surface area contributed by atoms with Gasteiger partial charge in [-0.3, -0.25) is 4.79 Å². The molecule has 0 unspecified atom stereocenters. The van der Waals surface area contributed by atoms with E-state index in [1.54, 1.807) is 0 Å². The zero-order valence-electron chi connectivity index (χ0n) is 4.63. The molecule has 48 valence electrons. The summed E-state index contributed by atoms with van der Waals surface area (Å²) in [5.41, 5.74) is 5.46. The van der Waals surface area contributed by atoms with E-state index in [-0.39, 0.29) is 11.6 Å². The topological polar surface area (TPSA) is 64.4 Å². The van der Waals surface area contributed by atoms with Crippen molar-refractivity contribution in [3.63, 3.8) is 0 Å². The molecule has 0 aliphatic carbocycles. The van der Waals surface area contributed by atoms with E-state index in [2.05, 4.69) is 10.1 Å². The minimum atomic E-state index is 0.104. The summed E-state index contributed by atoms with van der Waals surface area (Å²) in [5.74, 6) is 0.104. The minimum absolute atomic E-state index is 0.104. The van der Waals surface area contributed by atoms with Gasteiger partial charge in [-0.25, -0.2) is 0 Å². The molecule has 0 aromatic rings. The van der Waals surface area contributed by atoms with E-state index in [0.29, 0.717) is 6.29 Å². The normalized spacial score (nSPS) is 16.4. The summed E-state index contributed by atoms with van der Waals surface area (Å²) in [7, 11) is 0. The van der Waals surface area contributed by atoms with Gasteiger partial charge in [0.2, 0.25) is 5.88 Å². The lowest BCUT2D eigenvalue weighted by molar-refractivity contribution is -0.105. The first-order valence-electron chi connectivity index (χ1n) is 2.37. The molecule has 1 rings (SSSR count). The fourth-order valence-electron chi connectivity index (χ4n) is 0.458. The van der Waals surface area contributed by atoms with Crippen molar-refractivity contribution in [3.05, 3.63) is 24.0 Å². The van der Waals surface area contributed by atoms with Crippen LogP contribution in [0, 0.1) is 0 Å². The predicted molar refractivity (Wildman–Crippen MR) is 30.6 cm³/mol. The van der Waals surface area contributed by atoms with Crippen LogP contribution in [0.2, 0.25) is 0 Å². The van der Waals surface area contributed by atoms with E-state index in [0.717, 1.165) is 0 Å². The van der Waals surface area contributed by atoms with Gasteiger partial charge in [0.1, 0.15) is 12.0 Å². The second-order valence-electron chi connectivity index (χ2n) is 1.46. The lowest BCUT2D eigenvalue weighted by atomic mass is 10.5. The standard InChI is InChI=1S/C5H6N2O2/c6-5-4(3-8)7-1-2-9-5/h1-3,7H,6H2. The van der Waals surface area contributed by atoms with Crippen LogP contribution in [0.4, 0.5) is 0 Å². The van der Waals surface area contributed by atoms with Gasteiger partial charge in [0, 0.05) is 6.20 Å². The quantitative estimate of drug-likeness (QED) is 0.461. The van der Waals surface area contributed by atoms with E-state index in [1.165, 1.54) is 12.5 Å². The van der Waals surface area contributed by atoms with Crippen LogP contribution in [0.1, 0.15) is 0 Å². The van der Waals surface area contributed by atoms with Gasteiger partial charge in [-0.05, 0) is 0 Å². The Balaban J connectivity index is 2.75. The van der Waals surface area contributed by atoms with Crippen molar-refractivity contribution >= 4 is 6.29 Å². The molecule has 0 aromatic carbocycles. The largest absolute Gasteiger partial charge is 0.445 e. The molecule has 0 radical (unpaired) electrons. The van der Waals surface area contributed by atoms with Gasteiger partial charge in [-0.15, -0.1) is 0 Å². The summed E-state index contributed by atoms with van der Waals surface area (Å²) >= 11 is 0. The third-order valence-electron chi connectivity index (χ3n) is 0.885. The van der Waals surface area contributed by atoms with Crippen molar-refractivity contribution in [2.45, 2.75) is 0 Å². The van der Waals surface area contributed by atoms with Gasteiger partial charge in [0.15, 0.2) is 6.29 Å². The molecule has 0 saturated heterocycles. The fourth-order valence-corrected chi connectivity index (χ4v) is 0.458. The van der Waals surface area contributed by atoms with Crippen LogP contribution in [-0.4, -0.2) is 6.29 Å². The molecule has 0 amide bonds. The van der Waals surface area contributed by atoms with E-state index in [4.69, 9.17) is 5.73 Å². The predicted octanol–water partition coefficient (Wildman–Crippen LogP) is -0.596.